The van der Waals surface area contributed by atoms with Gasteiger partial charge in [-0.15, -0.1) is 0 Å². The van der Waals surface area contributed by atoms with Gasteiger partial charge in [0.2, 0.25) is 0 Å². The summed E-state index contributed by atoms with van der Waals surface area (Å²) in [6, 6.07) is 23.7. The highest BCUT2D eigenvalue weighted by Gasteiger charge is 2.27. The molecule has 182 valence electrons. The van der Waals surface area contributed by atoms with Gasteiger partial charge in [-0.05, 0) is 64.8 Å². The number of hydrogen-bond acceptors (Lipinski definition) is 6. The maximum atomic E-state index is 9.89. The lowest BCUT2D eigenvalue weighted by molar-refractivity contribution is 0.281. The fraction of sp³-hybridized carbons (Fsp3) is 0.214. The van der Waals surface area contributed by atoms with Crippen LogP contribution in [-0.4, -0.2) is 36.0 Å². The number of aliphatic hydroxyl groups is 1. The number of hydrogen-bond donors (Lipinski definition) is 1. The number of methoxy groups -OCH3 is 1. The topological polar surface area (TPSA) is 73.7 Å². The van der Waals surface area contributed by atoms with Crippen molar-refractivity contribution >= 4 is 30.2 Å². The van der Waals surface area contributed by atoms with Crippen molar-refractivity contribution in [3.05, 3.63) is 108 Å². The summed E-state index contributed by atoms with van der Waals surface area (Å²) >= 11 is 0. The van der Waals surface area contributed by atoms with E-state index in [0.29, 0.717) is 19.0 Å². The summed E-state index contributed by atoms with van der Waals surface area (Å²) < 4.78 is 18.2. The Kier molecular flexibility index (Phi) is 8.90. The van der Waals surface area contributed by atoms with E-state index >= 15 is 0 Å². The van der Waals surface area contributed by atoms with E-state index in [1.807, 2.05) is 62.3 Å². The minimum absolute atomic E-state index is 0.0557. The molecule has 6 nitrogen and oxygen atoms in total. The van der Waals surface area contributed by atoms with E-state index in [9.17, 15) is 5.11 Å². The molecule has 0 saturated heterocycles. The first kappa shape index (κ1) is 25.6. The van der Waals surface area contributed by atoms with Crippen molar-refractivity contribution in [3.8, 4) is 5.75 Å². The summed E-state index contributed by atoms with van der Waals surface area (Å²) in [5, 5.41) is 9.89. The van der Waals surface area contributed by atoms with E-state index < -0.39 is 6.92 Å². The van der Waals surface area contributed by atoms with Crippen molar-refractivity contribution in [2.24, 2.45) is 0 Å². The Morgan fingerprint density at radius 3 is 1.97 bits per heavy atom. The van der Waals surface area contributed by atoms with Gasteiger partial charge in [0.1, 0.15) is 5.75 Å². The lowest BCUT2D eigenvalue weighted by atomic mass is 9.53. The Bertz CT molecular complexity index is 1240. The van der Waals surface area contributed by atoms with Crippen LogP contribution in [0.1, 0.15) is 22.5 Å². The Morgan fingerprint density at radius 1 is 0.806 bits per heavy atom. The second-order valence-electron chi connectivity index (χ2n) is 8.63. The third-order valence-electron chi connectivity index (χ3n) is 6.18. The monoisotopic (exact) mass is 480 g/mol. The number of benzene rings is 2. The molecule has 0 radical (unpaired) electrons. The zero-order chi connectivity index (χ0) is 25.3. The number of aryl methyl sites for hydroxylation is 1. The van der Waals surface area contributed by atoms with Crippen molar-refractivity contribution in [1.82, 2.24) is 9.97 Å². The predicted octanol–water partition coefficient (Wildman–Crippen LogP) is 2.65. The molecule has 2 aromatic heterocycles. The molecule has 2 heterocycles. The summed E-state index contributed by atoms with van der Waals surface area (Å²) in [5.41, 5.74) is 6.43. The molecule has 1 N–H and O–H groups in total. The second kappa shape index (κ2) is 12.5. The van der Waals surface area contributed by atoms with E-state index in [4.69, 9.17) is 14.0 Å². The SMILES string of the molecule is COc1cc(C)c(CO)cc1B(OCc1ccccn1)c1ccc(B(C)OCc2ccccn2)cc1. The van der Waals surface area contributed by atoms with Gasteiger partial charge in [0.25, 0.3) is 0 Å². The first-order valence-corrected chi connectivity index (χ1v) is 12.0. The zero-order valence-corrected chi connectivity index (χ0v) is 20.9. The summed E-state index contributed by atoms with van der Waals surface area (Å²) in [5.74, 6) is 0.715. The molecule has 0 aliphatic carbocycles. The van der Waals surface area contributed by atoms with Crippen LogP contribution < -0.4 is 21.1 Å². The van der Waals surface area contributed by atoms with E-state index in [0.717, 1.165) is 38.9 Å². The molecule has 0 fully saturated rings. The maximum Gasteiger partial charge on any atom is 0.365 e. The highest BCUT2D eigenvalue weighted by atomic mass is 16.5. The number of aliphatic hydroxyl groups excluding tert-OH is 1. The molecule has 4 rings (SSSR count). The fourth-order valence-electron chi connectivity index (χ4n) is 4.05. The van der Waals surface area contributed by atoms with Gasteiger partial charge in [-0.1, -0.05) is 49.3 Å². The van der Waals surface area contributed by atoms with Crippen LogP contribution in [0.2, 0.25) is 6.82 Å². The average Bonchev–Trinajstić information content (AvgIpc) is 2.93. The third-order valence-corrected chi connectivity index (χ3v) is 6.18. The standard InChI is InChI=1S/C28H30B2N2O4/c1-21-16-28(34-3)27(17-22(21)18-33)30(36-20-26-9-5-7-15-32-26)24-12-10-23(11-13-24)29(2)35-19-25-8-4-6-14-31-25/h4-17,33H,18-20H2,1-3H3. The quantitative estimate of drug-likeness (QED) is 0.333. The minimum Gasteiger partial charge on any atom is -0.497 e. The lowest BCUT2D eigenvalue weighted by Gasteiger charge is -2.20. The van der Waals surface area contributed by atoms with Crippen molar-refractivity contribution in [3.63, 3.8) is 0 Å². The second-order valence-corrected chi connectivity index (χ2v) is 8.63. The van der Waals surface area contributed by atoms with Crippen molar-refractivity contribution in [2.45, 2.75) is 33.6 Å². The molecule has 2 aromatic carbocycles. The van der Waals surface area contributed by atoms with Crippen LogP contribution in [0.4, 0.5) is 0 Å². The third kappa shape index (κ3) is 6.40. The molecule has 0 unspecified atom stereocenters. The van der Waals surface area contributed by atoms with Crippen LogP contribution in [0.3, 0.4) is 0 Å². The van der Waals surface area contributed by atoms with Gasteiger partial charge in [0, 0.05) is 12.4 Å². The molecule has 0 aliphatic heterocycles. The van der Waals surface area contributed by atoms with Gasteiger partial charge in [-0.25, -0.2) is 0 Å². The normalized spacial score (nSPS) is 10.8. The number of ether oxygens (including phenoxy) is 1. The summed E-state index contributed by atoms with van der Waals surface area (Å²) in [4.78, 5) is 8.71. The van der Waals surface area contributed by atoms with E-state index in [1.54, 1.807) is 19.5 Å². The smallest absolute Gasteiger partial charge is 0.365 e. The minimum atomic E-state index is -0.411. The van der Waals surface area contributed by atoms with Gasteiger partial charge in [0.05, 0.1) is 38.3 Å². The van der Waals surface area contributed by atoms with Crippen LogP contribution in [0.25, 0.3) is 0 Å². The van der Waals surface area contributed by atoms with Crippen LogP contribution >= 0.6 is 0 Å². The first-order chi connectivity index (χ1) is 17.6. The first-order valence-electron chi connectivity index (χ1n) is 12.0. The number of nitrogens with zero attached hydrogens (tertiary/aromatic N) is 2. The molecule has 0 atom stereocenters. The molecule has 0 saturated carbocycles. The Balaban J connectivity index is 1.59. The van der Waals surface area contributed by atoms with Gasteiger partial charge >= 0.3 is 13.8 Å². The van der Waals surface area contributed by atoms with Crippen molar-refractivity contribution in [2.75, 3.05) is 7.11 Å². The zero-order valence-electron chi connectivity index (χ0n) is 20.9. The predicted molar refractivity (Wildman–Crippen MR) is 144 cm³/mol. The van der Waals surface area contributed by atoms with Crippen LogP contribution in [-0.2, 0) is 29.1 Å². The van der Waals surface area contributed by atoms with Gasteiger partial charge in [-0.2, -0.15) is 0 Å². The Labute approximate surface area is 213 Å². The van der Waals surface area contributed by atoms with Gasteiger partial charge in [-0.3, -0.25) is 9.97 Å². The van der Waals surface area contributed by atoms with E-state index in [-0.39, 0.29) is 13.5 Å². The molecule has 0 spiro atoms. The number of rotatable bonds is 11. The molecule has 0 amide bonds. The van der Waals surface area contributed by atoms with Crippen LogP contribution in [0, 0.1) is 6.92 Å². The maximum absolute atomic E-state index is 9.89. The van der Waals surface area contributed by atoms with Gasteiger partial charge < -0.3 is 19.2 Å². The molecular formula is C28H30B2N2O4. The fourth-order valence-corrected chi connectivity index (χ4v) is 4.05. The summed E-state index contributed by atoms with van der Waals surface area (Å²) in [6.45, 7) is 4.22. The largest absolute Gasteiger partial charge is 0.497 e. The Morgan fingerprint density at radius 2 is 1.42 bits per heavy atom. The van der Waals surface area contributed by atoms with Crippen LogP contribution in [0.5, 0.6) is 5.75 Å². The molecular weight excluding hydrogens is 450 g/mol. The summed E-state index contributed by atoms with van der Waals surface area (Å²) in [7, 11) is 1.65. The van der Waals surface area contributed by atoms with Gasteiger partial charge in [0.15, 0.2) is 0 Å². The van der Waals surface area contributed by atoms with Crippen molar-refractivity contribution in [1.29, 1.82) is 0 Å². The molecule has 36 heavy (non-hydrogen) atoms. The number of aromatic nitrogens is 2. The highest BCUT2D eigenvalue weighted by molar-refractivity contribution is 6.80. The highest BCUT2D eigenvalue weighted by Crippen LogP contribution is 2.17. The molecule has 8 heteroatoms. The molecule has 0 bridgehead atoms. The molecule has 0 aliphatic rings. The summed E-state index contributed by atoms with van der Waals surface area (Å²) in [6.07, 6.45) is 3.52. The number of pyridine rings is 2. The average molecular weight is 480 g/mol. The van der Waals surface area contributed by atoms with E-state index in [1.165, 1.54) is 0 Å². The van der Waals surface area contributed by atoms with E-state index in [2.05, 4.69) is 34.2 Å². The van der Waals surface area contributed by atoms with Crippen molar-refractivity contribution < 1.29 is 19.2 Å². The molecule has 4 aromatic rings. The lowest BCUT2D eigenvalue weighted by Crippen LogP contribution is -2.46. The van der Waals surface area contributed by atoms with Crippen LogP contribution in [0.15, 0.2) is 85.2 Å². The Hall–Kier alpha value is -3.45.